The molecule has 1 rings (SSSR count). The van der Waals surface area contributed by atoms with Crippen LogP contribution >= 0.6 is 0 Å². The van der Waals surface area contributed by atoms with Crippen LogP contribution in [0.3, 0.4) is 0 Å². The molecule has 1 atom stereocenters. The zero-order valence-electron chi connectivity index (χ0n) is 11.5. The third kappa shape index (κ3) is 3.28. The molecule has 0 radical (unpaired) electrons. The molecule has 1 aliphatic rings. The van der Waals surface area contributed by atoms with Gasteiger partial charge in [-0.05, 0) is 46.6 Å². The van der Waals surface area contributed by atoms with Crippen molar-refractivity contribution in [3.8, 4) is 0 Å². The van der Waals surface area contributed by atoms with E-state index in [1.807, 2.05) is 20.8 Å². The van der Waals surface area contributed by atoms with Gasteiger partial charge in [-0.3, -0.25) is 4.79 Å². The standard InChI is InChI=1S/C13H25N3O/c1-5-7-11-10(8-6-9-14)12(17)16(15-11)13(2,3)4/h10H,5-9,14H2,1-4H3. The Morgan fingerprint density at radius 2 is 2.06 bits per heavy atom. The Bertz CT molecular complexity index is 304. The smallest absolute Gasteiger partial charge is 0.252 e. The molecule has 1 unspecified atom stereocenters. The van der Waals surface area contributed by atoms with E-state index in [9.17, 15) is 4.79 Å². The lowest BCUT2D eigenvalue weighted by Crippen LogP contribution is -2.41. The average Bonchev–Trinajstić information content (AvgIpc) is 2.53. The van der Waals surface area contributed by atoms with Gasteiger partial charge in [0.1, 0.15) is 0 Å². The molecule has 0 aliphatic carbocycles. The third-order valence-corrected chi connectivity index (χ3v) is 2.98. The molecule has 0 aromatic rings. The average molecular weight is 239 g/mol. The van der Waals surface area contributed by atoms with Gasteiger partial charge in [-0.1, -0.05) is 13.3 Å². The number of hydrogen-bond donors (Lipinski definition) is 1. The second kappa shape index (κ2) is 5.63. The van der Waals surface area contributed by atoms with E-state index in [1.165, 1.54) is 0 Å². The first-order chi connectivity index (χ1) is 7.91. The Morgan fingerprint density at radius 3 is 2.53 bits per heavy atom. The van der Waals surface area contributed by atoms with E-state index < -0.39 is 0 Å². The van der Waals surface area contributed by atoms with Crippen LogP contribution in [0.5, 0.6) is 0 Å². The van der Waals surface area contributed by atoms with Crippen molar-refractivity contribution in [2.24, 2.45) is 16.8 Å². The summed E-state index contributed by atoms with van der Waals surface area (Å²) in [5.41, 5.74) is 6.34. The predicted octanol–water partition coefficient (Wildman–Crippen LogP) is 2.14. The van der Waals surface area contributed by atoms with Crippen LogP contribution in [0.2, 0.25) is 0 Å². The maximum absolute atomic E-state index is 12.3. The van der Waals surface area contributed by atoms with Crippen LogP contribution in [0.4, 0.5) is 0 Å². The van der Waals surface area contributed by atoms with Gasteiger partial charge >= 0.3 is 0 Å². The Balaban J connectivity index is 2.84. The molecule has 98 valence electrons. The first kappa shape index (κ1) is 14.2. The predicted molar refractivity (Wildman–Crippen MR) is 70.7 cm³/mol. The summed E-state index contributed by atoms with van der Waals surface area (Å²) >= 11 is 0. The summed E-state index contributed by atoms with van der Waals surface area (Å²) in [6.07, 6.45) is 3.66. The van der Waals surface area contributed by atoms with Gasteiger partial charge in [0.05, 0.1) is 17.2 Å². The molecule has 17 heavy (non-hydrogen) atoms. The number of nitrogens with zero attached hydrogens (tertiary/aromatic N) is 2. The van der Waals surface area contributed by atoms with E-state index in [2.05, 4.69) is 12.0 Å². The van der Waals surface area contributed by atoms with Crippen molar-refractivity contribution in [1.29, 1.82) is 0 Å². The lowest BCUT2D eigenvalue weighted by atomic mass is 9.94. The number of nitrogens with two attached hydrogens (primary N) is 1. The minimum atomic E-state index is -0.229. The van der Waals surface area contributed by atoms with Gasteiger partial charge in [0.2, 0.25) is 0 Å². The number of rotatable bonds is 5. The van der Waals surface area contributed by atoms with Crippen LogP contribution in [0.1, 0.15) is 53.4 Å². The number of amides is 1. The SMILES string of the molecule is CCCC1=NN(C(C)(C)C)C(=O)C1CCCN. The molecule has 4 heteroatoms. The van der Waals surface area contributed by atoms with Crippen LogP contribution in [-0.2, 0) is 4.79 Å². The van der Waals surface area contributed by atoms with E-state index in [4.69, 9.17) is 5.73 Å². The molecular formula is C13H25N3O. The molecular weight excluding hydrogens is 214 g/mol. The molecule has 0 aromatic heterocycles. The van der Waals surface area contributed by atoms with E-state index in [1.54, 1.807) is 5.01 Å². The molecule has 0 aromatic carbocycles. The van der Waals surface area contributed by atoms with Crippen LogP contribution in [0, 0.1) is 5.92 Å². The summed E-state index contributed by atoms with van der Waals surface area (Å²) in [4.78, 5) is 12.3. The molecule has 2 N–H and O–H groups in total. The van der Waals surface area contributed by atoms with Crippen molar-refractivity contribution in [1.82, 2.24) is 5.01 Å². The highest BCUT2D eigenvalue weighted by molar-refractivity contribution is 6.08. The van der Waals surface area contributed by atoms with Gasteiger partial charge in [0, 0.05) is 0 Å². The Kier molecular flexibility index (Phi) is 4.69. The van der Waals surface area contributed by atoms with Gasteiger partial charge in [0.25, 0.3) is 5.91 Å². The van der Waals surface area contributed by atoms with Gasteiger partial charge in [-0.25, -0.2) is 5.01 Å². The Labute approximate surface area is 104 Å². The number of carbonyl (C=O) groups excluding carboxylic acids is 1. The van der Waals surface area contributed by atoms with Crippen LogP contribution in [0.15, 0.2) is 5.10 Å². The maximum Gasteiger partial charge on any atom is 0.252 e. The molecule has 1 aliphatic heterocycles. The fourth-order valence-electron chi connectivity index (χ4n) is 2.11. The lowest BCUT2D eigenvalue weighted by Gasteiger charge is -2.28. The van der Waals surface area contributed by atoms with Crippen LogP contribution in [-0.4, -0.2) is 28.7 Å². The number of hydrazone groups is 1. The lowest BCUT2D eigenvalue weighted by molar-refractivity contribution is -0.136. The highest BCUT2D eigenvalue weighted by atomic mass is 16.2. The summed E-state index contributed by atoms with van der Waals surface area (Å²) in [6, 6.07) is 0. The van der Waals surface area contributed by atoms with Gasteiger partial charge in [-0.2, -0.15) is 5.10 Å². The van der Waals surface area contributed by atoms with Crippen molar-refractivity contribution < 1.29 is 4.79 Å². The number of carbonyl (C=O) groups is 1. The highest BCUT2D eigenvalue weighted by Crippen LogP contribution is 2.28. The first-order valence-corrected chi connectivity index (χ1v) is 6.53. The minimum Gasteiger partial charge on any atom is -0.330 e. The van der Waals surface area contributed by atoms with E-state index in [-0.39, 0.29) is 17.4 Å². The van der Waals surface area contributed by atoms with Crippen molar-refractivity contribution in [2.45, 2.75) is 58.9 Å². The normalized spacial score (nSPS) is 21.0. The summed E-state index contributed by atoms with van der Waals surface area (Å²) in [7, 11) is 0. The van der Waals surface area contributed by atoms with Gasteiger partial charge in [-0.15, -0.1) is 0 Å². The molecule has 0 spiro atoms. The maximum atomic E-state index is 12.3. The van der Waals surface area contributed by atoms with E-state index in [0.29, 0.717) is 6.54 Å². The number of hydrogen-bond acceptors (Lipinski definition) is 3. The summed E-state index contributed by atoms with van der Waals surface area (Å²) < 4.78 is 0. The third-order valence-electron chi connectivity index (χ3n) is 2.98. The van der Waals surface area contributed by atoms with Crippen molar-refractivity contribution in [2.75, 3.05) is 6.54 Å². The zero-order valence-corrected chi connectivity index (χ0v) is 11.5. The molecule has 0 fully saturated rings. The van der Waals surface area contributed by atoms with Gasteiger partial charge < -0.3 is 5.73 Å². The molecule has 0 bridgehead atoms. The Morgan fingerprint density at radius 1 is 1.41 bits per heavy atom. The Hall–Kier alpha value is -0.900. The summed E-state index contributed by atoms with van der Waals surface area (Å²) in [6.45, 7) is 8.81. The zero-order chi connectivity index (χ0) is 13.1. The molecule has 0 saturated carbocycles. The summed E-state index contributed by atoms with van der Waals surface area (Å²) in [5, 5.41) is 6.18. The summed E-state index contributed by atoms with van der Waals surface area (Å²) in [5.74, 6) is 0.118. The first-order valence-electron chi connectivity index (χ1n) is 6.53. The topological polar surface area (TPSA) is 58.7 Å². The minimum absolute atomic E-state index is 0.0299. The van der Waals surface area contributed by atoms with Crippen LogP contribution in [0.25, 0.3) is 0 Å². The quantitative estimate of drug-likeness (QED) is 0.799. The van der Waals surface area contributed by atoms with Crippen LogP contribution < -0.4 is 5.73 Å². The second-order valence-corrected chi connectivity index (χ2v) is 5.65. The molecule has 1 heterocycles. The molecule has 0 saturated heterocycles. The van der Waals surface area contributed by atoms with Crippen molar-refractivity contribution in [3.05, 3.63) is 0 Å². The monoisotopic (exact) mass is 239 g/mol. The molecule has 1 amide bonds. The fourth-order valence-corrected chi connectivity index (χ4v) is 2.11. The van der Waals surface area contributed by atoms with Crippen molar-refractivity contribution in [3.63, 3.8) is 0 Å². The largest absolute Gasteiger partial charge is 0.330 e. The fraction of sp³-hybridized carbons (Fsp3) is 0.846. The molecule has 4 nitrogen and oxygen atoms in total. The highest BCUT2D eigenvalue weighted by Gasteiger charge is 2.39. The van der Waals surface area contributed by atoms with Gasteiger partial charge in [0.15, 0.2) is 0 Å². The second-order valence-electron chi connectivity index (χ2n) is 5.65. The van der Waals surface area contributed by atoms with E-state index >= 15 is 0 Å². The van der Waals surface area contributed by atoms with Crippen molar-refractivity contribution >= 4 is 11.6 Å². The van der Waals surface area contributed by atoms with E-state index in [0.717, 1.165) is 31.4 Å².